The van der Waals surface area contributed by atoms with E-state index in [9.17, 15) is 13.6 Å². The fourth-order valence-electron chi connectivity index (χ4n) is 5.66. The predicted octanol–water partition coefficient (Wildman–Crippen LogP) is 5.80. The standard InChI is InChI=1S/C29H40F2N8O2S/c1-28(2,3)41-27(40)37-29(10-11-29)19-8-12-38(13-9-19)25-22(15-32)24(33-20-7-5-6-18(14-20)23(30)31)35-26(36-25)34-21-16-39(17-21)42-4/h5-7,14-15,19,21,23,32H,8-13,16-17H2,1-4H3,(H,37,40)(H2,33,34,35,36). The van der Waals surface area contributed by atoms with Crippen molar-refractivity contribution in [1.82, 2.24) is 19.6 Å². The highest BCUT2D eigenvalue weighted by Gasteiger charge is 2.51. The van der Waals surface area contributed by atoms with Gasteiger partial charge in [0.05, 0.1) is 11.6 Å². The minimum absolute atomic E-state index is 0.0910. The van der Waals surface area contributed by atoms with Crippen molar-refractivity contribution in [2.75, 3.05) is 48.0 Å². The van der Waals surface area contributed by atoms with Crippen molar-refractivity contribution in [3.05, 3.63) is 35.4 Å². The molecule has 0 spiro atoms. The molecule has 1 saturated carbocycles. The summed E-state index contributed by atoms with van der Waals surface area (Å²) >= 11 is 1.69. The highest BCUT2D eigenvalue weighted by atomic mass is 32.2. The van der Waals surface area contributed by atoms with E-state index in [-0.39, 0.29) is 23.2 Å². The molecule has 0 bridgehead atoms. The van der Waals surface area contributed by atoms with Gasteiger partial charge in [-0.05, 0) is 70.8 Å². The first-order valence-corrected chi connectivity index (χ1v) is 15.6. The number of amides is 1. The van der Waals surface area contributed by atoms with Crippen LogP contribution in [0.4, 0.5) is 36.8 Å². The molecule has 42 heavy (non-hydrogen) atoms. The van der Waals surface area contributed by atoms with Crippen LogP contribution in [-0.2, 0) is 4.74 Å². The van der Waals surface area contributed by atoms with Gasteiger partial charge in [0.15, 0.2) is 0 Å². The lowest BCUT2D eigenvalue weighted by Gasteiger charge is -2.39. The number of hydrogen-bond donors (Lipinski definition) is 4. The number of alkyl halides is 2. The number of halogens is 2. The van der Waals surface area contributed by atoms with Gasteiger partial charge in [-0.3, -0.25) is 0 Å². The van der Waals surface area contributed by atoms with Crippen molar-refractivity contribution in [1.29, 1.82) is 5.41 Å². The van der Waals surface area contributed by atoms with E-state index in [1.54, 1.807) is 24.1 Å². The van der Waals surface area contributed by atoms with Crippen LogP contribution in [0.15, 0.2) is 24.3 Å². The van der Waals surface area contributed by atoms with Crippen LogP contribution in [0.5, 0.6) is 0 Å². The second-order valence-electron chi connectivity index (χ2n) is 12.2. The van der Waals surface area contributed by atoms with Crippen molar-refractivity contribution in [3.63, 3.8) is 0 Å². The van der Waals surface area contributed by atoms with E-state index >= 15 is 0 Å². The third-order valence-corrected chi connectivity index (χ3v) is 8.84. The second kappa shape index (κ2) is 12.2. The smallest absolute Gasteiger partial charge is 0.408 e. The summed E-state index contributed by atoms with van der Waals surface area (Å²) in [5, 5.41) is 18.0. The van der Waals surface area contributed by atoms with Gasteiger partial charge in [0.2, 0.25) is 5.95 Å². The zero-order valence-electron chi connectivity index (χ0n) is 24.5. The quantitative estimate of drug-likeness (QED) is 0.198. The molecule has 10 nitrogen and oxygen atoms in total. The number of benzene rings is 1. The molecule has 0 unspecified atom stereocenters. The summed E-state index contributed by atoms with van der Waals surface area (Å²) in [4.78, 5) is 24.2. The lowest BCUT2D eigenvalue weighted by atomic mass is 9.87. The molecule has 3 aliphatic rings. The Hall–Kier alpha value is -3.19. The highest BCUT2D eigenvalue weighted by Crippen LogP contribution is 2.47. The third-order valence-electron chi connectivity index (χ3n) is 8.03. The topological polar surface area (TPSA) is 118 Å². The Balaban J connectivity index is 1.35. The molecule has 1 aliphatic carbocycles. The summed E-state index contributed by atoms with van der Waals surface area (Å²) < 4.78 is 34.5. The fraction of sp³-hybridized carbons (Fsp3) is 0.586. The number of carbonyl (C=O) groups is 1. The Morgan fingerprint density at radius 3 is 2.52 bits per heavy atom. The molecule has 2 aromatic rings. The molecule has 1 aromatic carbocycles. The molecule has 5 rings (SSSR count). The Bertz CT molecular complexity index is 1290. The average Bonchev–Trinajstić information content (AvgIpc) is 3.69. The molecule has 0 radical (unpaired) electrons. The van der Waals surface area contributed by atoms with Crippen LogP contribution < -0.4 is 20.9 Å². The number of nitrogens with zero attached hydrogens (tertiary/aromatic N) is 4. The molecule has 3 fully saturated rings. The summed E-state index contributed by atoms with van der Waals surface area (Å²) in [6, 6.07) is 6.24. The lowest BCUT2D eigenvalue weighted by Crippen LogP contribution is -2.51. The van der Waals surface area contributed by atoms with Crippen molar-refractivity contribution >= 4 is 47.5 Å². The molecule has 1 aromatic heterocycles. The SMILES string of the molecule is CSN1CC(Nc2nc(Nc3cccc(C(F)F)c3)c(C=N)c(N3CCC(C4(NC(=O)OC(C)(C)C)CC4)CC3)n2)C1. The van der Waals surface area contributed by atoms with Crippen molar-refractivity contribution in [2.24, 2.45) is 5.92 Å². The molecule has 228 valence electrons. The van der Waals surface area contributed by atoms with Crippen molar-refractivity contribution < 1.29 is 18.3 Å². The first-order valence-electron chi connectivity index (χ1n) is 14.4. The number of carbonyl (C=O) groups excluding carboxylic acids is 1. The number of aromatic nitrogens is 2. The summed E-state index contributed by atoms with van der Waals surface area (Å²) in [6.07, 6.45) is 3.87. The van der Waals surface area contributed by atoms with Gasteiger partial charge in [0, 0.05) is 49.2 Å². The van der Waals surface area contributed by atoms with Gasteiger partial charge in [-0.25, -0.2) is 17.9 Å². The van der Waals surface area contributed by atoms with E-state index < -0.39 is 12.0 Å². The van der Waals surface area contributed by atoms with Gasteiger partial charge in [-0.15, -0.1) is 0 Å². The molecule has 2 saturated heterocycles. The van der Waals surface area contributed by atoms with Crippen LogP contribution in [0, 0.1) is 11.3 Å². The van der Waals surface area contributed by atoms with Crippen LogP contribution in [-0.4, -0.2) is 76.2 Å². The van der Waals surface area contributed by atoms with E-state index in [2.05, 4.69) is 30.1 Å². The van der Waals surface area contributed by atoms with Crippen LogP contribution in [0.25, 0.3) is 0 Å². The Labute approximate surface area is 250 Å². The Morgan fingerprint density at radius 2 is 1.93 bits per heavy atom. The highest BCUT2D eigenvalue weighted by molar-refractivity contribution is 7.96. The predicted molar refractivity (Wildman–Crippen MR) is 163 cm³/mol. The van der Waals surface area contributed by atoms with Gasteiger partial charge in [-0.2, -0.15) is 9.97 Å². The van der Waals surface area contributed by atoms with E-state index in [0.717, 1.165) is 38.8 Å². The first-order chi connectivity index (χ1) is 20.0. The molecular weight excluding hydrogens is 562 g/mol. The maximum absolute atomic E-state index is 13.4. The summed E-state index contributed by atoms with van der Waals surface area (Å²) in [5.41, 5.74) is 0.0878. The maximum atomic E-state index is 13.4. The van der Waals surface area contributed by atoms with E-state index in [1.807, 2.05) is 27.0 Å². The Morgan fingerprint density at radius 1 is 1.21 bits per heavy atom. The molecule has 2 aliphatic heterocycles. The van der Waals surface area contributed by atoms with Crippen molar-refractivity contribution in [2.45, 2.75) is 70.1 Å². The summed E-state index contributed by atoms with van der Waals surface area (Å²) in [6.45, 7) is 8.68. The van der Waals surface area contributed by atoms with Crippen LogP contribution >= 0.6 is 11.9 Å². The van der Waals surface area contributed by atoms with Crippen molar-refractivity contribution in [3.8, 4) is 0 Å². The number of piperidine rings is 1. The Kier molecular flexibility index (Phi) is 8.79. The number of nitrogens with one attached hydrogen (secondary N) is 4. The molecule has 3 heterocycles. The van der Waals surface area contributed by atoms with E-state index in [0.29, 0.717) is 47.8 Å². The average molecular weight is 603 g/mol. The largest absolute Gasteiger partial charge is 0.444 e. The molecule has 1 amide bonds. The third kappa shape index (κ3) is 7.05. The zero-order valence-corrected chi connectivity index (χ0v) is 25.4. The fourth-order valence-corrected chi connectivity index (χ4v) is 6.32. The maximum Gasteiger partial charge on any atom is 0.408 e. The molecular formula is C29H40F2N8O2S. The van der Waals surface area contributed by atoms with Gasteiger partial charge in [0.25, 0.3) is 6.43 Å². The van der Waals surface area contributed by atoms with Gasteiger partial charge < -0.3 is 31.0 Å². The number of anilines is 4. The normalized spacial score (nSPS) is 19.3. The molecule has 13 heteroatoms. The lowest BCUT2D eigenvalue weighted by molar-refractivity contribution is 0.0467. The number of alkyl carbamates (subject to hydrolysis) is 1. The van der Waals surface area contributed by atoms with Gasteiger partial charge in [0.1, 0.15) is 17.2 Å². The van der Waals surface area contributed by atoms with Gasteiger partial charge in [-0.1, -0.05) is 24.1 Å². The van der Waals surface area contributed by atoms with Crippen LogP contribution in [0.1, 0.15) is 64.0 Å². The second-order valence-corrected chi connectivity index (χ2v) is 13.1. The van der Waals surface area contributed by atoms with Gasteiger partial charge >= 0.3 is 6.09 Å². The molecule has 0 atom stereocenters. The summed E-state index contributed by atoms with van der Waals surface area (Å²) in [7, 11) is 0. The van der Waals surface area contributed by atoms with E-state index in [1.165, 1.54) is 18.3 Å². The first kappa shape index (κ1) is 30.3. The van der Waals surface area contributed by atoms with Crippen LogP contribution in [0.3, 0.4) is 0 Å². The number of ether oxygens (including phenoxy) is 1. The minimum atomic E-state index is -2.59. The summed E-state index contributed by atoms with van der Waals surface area (Å²) in [5.74, 6) is 1.75. The van der Waals surface area contributed by atoms with Crippen LogP contribution in [0.2, 0.25) is 0 Å². The number of rotatable bonds is 10. The number of hydrogen-bond acceptors (Lipinski definition) is 10. The van der Waals surface area contributed by atoms with E-state index in [4.69, 9.17) is 15.1 Å². The minimum Gasteiger partial charge on any atom is -0.444 e. The molecule has 4 N–H and O–H groups in total. The monoisotopic (exact) mass is 602 g/mol. The zero-order chi connectivity index (χ0) is 30.1.